The summed E-state index contributed by atoms with van der Waals surface area (Å²) in [6.07, 6.45) is 0.652. The molecule has 17 heavy (non-hydrogen) atoms. The molecule has 0 bridgehead atoms. The van der Waals surface area contributed by atoms with Gasteiger partial charge in [0.05, 0.1) is 0 Å². The van der Waals surface area contributed by atoms with Gasteiger partial charge in [0, 0.05) is 21.2 Å². The number of thioether (sulfide) groups is 1. The minimum Gasteiger partial charge on any atom is -0.479 e. The Balaban J connectivity index is 2.22. The fourth-order valence-electron chi connectivity index (χ4n) is 2.03. The fraction of sp³-hybridized carbons (Fsp3) is 0.417. The van der Waals surface area contributed by atoms with Crippen molar-refractivity contribution >= 4 is 39.3 Å². The fourth-order valence-corrected chi connectivity index (χ4v) is 3.71. The van der Waals surface area contributed by atoms with Crippen LogP contribution in [-0.2, 0) is 4.79 Å². The predicted molar refractivity (Wildman–Crippen MR) is 74.7 cm³/mol. The molecule has 1 heterocycles. The van der Waals surface area contributed by atoms with E-state index in [1.807, 2.05) is 24.3 Å². The Morgan fingerprint density at radius 1 is 1.65 bits per heavy atom. The molecule has 92 valence electrons. The zero-order chi connectivity index (χ0) is 12.5. The summed E-state index contributed by atoms with van der Waals surface area (Å²) >= 11 is 5.09. The van der Waals surface area contributed by atoms with E-state index in [9.17, 15) is 9.90 Å². The van der Waals surface area contributed by atoms with Crippen molar-refractivity contribution in [2.24, 2.45) is 0 Å². The van der Waals surface area contributed by atoms with Crippen LogP contribution in [0.3, 0.4) is 0 Å². The highest BCUT2D eigenvalue weighted by Crippen LogP contribution is 2.37. The Kier molecular flexibility index (Phi) is 3.68. The lowest BCUT2D eigenvalue weighted by molar-refractivity contribution is -0.141. The van der Waals surface area contributed by atoms with Crippen LogP contribution in [0.25, 0.3) is 0 Å². The number of nitrogens with one attached hydrogen (secondary N) is 1. The van der Waals surface area contributed by atoms with E-state index in [-0.39, 0.29) is 0 Å². The van der Waals surface area contributed by atoms with Gasteiger partial charge in [0.2, 0.25) is 0 Å². The first-order valence-electron chi connectivity index (χ1n) is 5.41. The topological polar surface area (TPSA) is 49.3 Å². The summed E-state index contributed by atoms with van der Waals surface area (Å²) in [5.41, 5.74) is 0.0155. The molecule has 5 heteroatoms. The van der Waals surface area contributed by atoms with Gasteiger partial charge in [-0.05, 0) is 24.6 Å². The molecule has 1 aromatic carbocycles. The molecule has 1 fully saturated rings. The first-order valence-corrected chi connectivity index (χ1v) is 7.25. The highest BCUT2D eigenvalue weighted by molar-refractivity contribution is 9.10. The van der Waals surface area contributed by atoms with Crippen molar-refractivity contribution in [3.8, 4) is 0 Å². The van der Waals surface area contributed by atoms with Crippen molar-refractivity contribution in [3.63, 3.8) is 0 Å². The lowest BCUT2D eigenvalue weighted by Gasteiger charge is -2.26. The molecule has 1 aliphatic heterocycles. The van der Waals surface area contributed by atoms with Gasteiger partial charge in [-0.2, -0.15) is 11.8 Å². The molecule has 0 spiro atoms. The molecule has 1 aromatic rings. The molecule has 2 unspecified atom stereocenters. The standard InChI is InChI=1S/C12H14BrNO2S/c1-8-6-12(7-17-8,11(15)16)14-10-4-2-3-9(13)5-10/h2-5,8,14H,6-7H2,1H3,(H,15,16). The van der Waals surface area contributed by atoms with Crippen LogP contribution in [0.2, 0.25) is 0 Å². The highest BCUT2D eigenvalue weighted by atomic mass is 79.9. The van der Waals surface area contributed by atoms with Gasteiger partial charge in [-0.25, -0.2) is 4.79 Å². The molecule has 0 amide bonds. The first-order chi connectivity index (χ1) is 8.02. The number of hydrogen-bond donors (Lipinski definition) is 2. The van der Waals surface area contributed by atoms with Gasteiger partial charge < -0.3 is 10.4 Å². The molecule has 0 aromatic heterocycles. The Morgan fingerprint density at radius 2 is 2.41 bits per heavy atom. The number of benzene rings is 1. The summed E-state index contributed by atoms with van der Waals surface area (Å²) in [4.78, 5) is 11.5. The Bertz CT molecular complexity index is 440. The zero-order valence-electron chi connectivity index (χ0n) is 9.44. The second-order valence-electron chi connectivity index (χ2n) is 4.35. The summed E-state index contributed by atoms with van der Waals surface area (Å²) in [6.45, 7) is 2.07. The normalized spacial score (nSPS) is 28.0. The summed E-state index contributed by atoms with van der Waals surface area (Å²) in [5, 5.41) is 13.0. The minimum atomic E-state index is -0.828. The molecular formula is C12H14BrNO2S. The second kappa shape index (κ2) is 4.90. The highest BCUT2D eigenvalue weighted by Gasteiger charge is 2.44. The lowest BCUT2D eigenvalue weighted by atomic mass is 9.96. The smallest absolute Gasteiger partial charge is 0.330 e. The van der Waals surface area contributed by atoms with E-state index in [1.165, 1.54) is 0 Å². The largest absolute Gasteiger partial charge is 0.479 e. The first kappa shape index (κ1) is 12.8. The maximum Gasteiger partial charge on any atom is 0.330 e. The lowest BCUT2D eigenvalue weighted by Crippen LogP contribution is -2.46. The van der Waals surface area contributed by atoms with Crippen LogP contribution >= 0.6 is 27.7 Å². The van der Waals surface area contributed by atoms with Crippen LogP contribution in [0.4, 0.5) is 5.69 Å². The monoisotopic (exact) mass is 315 g/mol. The SMILES string of the molecule is CC1CC(Nc2cccc(Br)c2)(C(=O)O)CS1. The second-order valence-corrected chi connectivity index (χ2v) is 6.69. The zero-order valence-corrected chi connectivity index (χ0v) is 11.8. The Hall–Kier alpha value is -0.680. The Labute approximate surface area is 113 Å². The third-order valence-electron chi connectivity index (χ3n) is 2.87. The van der Waals surface area contributed by atoms with Crippen LogP contribution in [-0.4, -0.2) is 27.6 Å². The van der Waals surface area contributed by atoms with E-state index in [4.69, 9.17) is 0 Å². The van der Waals surface area contributed by atoms with Crippen molar-refractivity contribution in [3.05, 3.63) is 28.7 Å². The summed E-state index contributed by atoms with van der Waals surface area (Å²) in [6, 6.07) is 7.61. The predicted octanol–water partition coefficient (Wildman–Crippen LogP) is 3.21. The van der Waals surface area contributed by atoms with E-state index in [0.717, 1.165) is 10.2 Å². The van der Waals surface area contributed by atoms with E-state index < -0.39 is 11.5 Å². The van der Waals surface area contributed by atoms with Crippen LogP contribution < -0.4 is 5.32 Å². The van der Waals surface area contributed by atoms with Gasteiger partial charge >= 0.3 is 5.97 Å². The maximum atomic E-state index is 11.5. The number of hydrogen-bond acceptors (Lipinski definition) is 3. The van der Waals surface area contributed by atoms with Gasteiger partial charge in [-0.3, -0.25) is 0 Å². The molecular weight excluding hydrogens is 302 g/mol. The molecule has 3 nitrogen and oxygen atoms in total. The summed E-state index contributed by atoms with van der Waals surface area (Å²) in [7, 11) is 0. The van der Waals surface area contributed by atoms with Gasteiger partial charge in [0.1, 0.15) is 5.54 Å². The van der Waals surface area contributed by atoms with E-state index in [2.05, 4.69) is 28.2 Å². The van der Waals surface area contributed by atoms with Crippen LogP contribution in [0.5, 0.6) is 0 Å². The van der Waals surface area contributed by atoms with Gasteiger partial charge in [-0.1, -0.05) is 28.9 Å². The third kappa shape index (κ3) is 2.77. The number of carbonyl (C=O) groups is 1. The van der Waals surface area contributed by atoms with E-state index >= 15 is 0 Å². The Morgan fingerprint density at radius 3 is 2.94 bits per heavy atom. The quantitative estimate of drug-likeness (QED) is 0.899. The van der Waals surface area contributed by atoms with Crippen LogP contribution in [0, 0.1) is 0 Å². The minimum absolute atomic E-state index is 0.380. The van der Waals surface area contributed by atoms with Crippen molar-refractivity contribution in [2.75, 3.05) is 11.1 Å². The van der Waals surface area contributed by atoms with Crippen molar-refractivity contribution in [1.29, 1.82) is 0 Å². The molecule has 0 radical (unpaired) electrons. The average molecular weight is 316 g/mol. The van der Waals surface area contributed by atoms with Gasteiger partial charge in [0.15, 0.2) is 0 Å². The van der Waals surface area contributed by atoms with Gasteiger partial charge in [0.25, 0.3) is 0 Å². The number of carboxylic acid groups (broad SMARTS) is 1. The van der Waals surface area contributed by atoms with E-state index in [0.29, 0.717) is 17.4 Å². The average Bonchev–Trinajstić information content (AvgIpc) is 2.61. The molecule has 0 aliphatic carbocycles. The summed E-state index contributed by atoms with van der Waals surface area (Å²) in [5.74, 6) is -0.162. The van der Waals surface area contributed by atoms with Crippen molar-refractivity contribution in [2.45, 2.75) is 24.1 Å². The van der Waals surface area contributed by atoms with Gasteiger partial charge in [-0.15, -0.1) is 0 Å². The van der Waals surface area contributed by atoms with Crippen molar-refractivity contribution in [1.82, 2.24) is 0 Å². The molecule has 0 saturated carbocycles. The number of anilines is 1. The molecule has 2 rings (SSSR count). The number of carboxylic acids is 1. The number of aliphatic carboxylic acids is 1. The van der Waals surface area contributed by atoms with Crippen LogP contribution in [0.15, 0.2) is 28.7 Å². The number of halogens is 1. The van der Waals surface area contributed by atoms with Crippen LogP contribution in [0.1, 0.15) is 13.3 Å². The molecule has 2 N–H and O–H groups in total. The van der Waals surface area contributed by atoms with Crippen molar-refractivity contribution < 1.29 is 9.90 Å². The third-order valence-corrected chi connectivity index (χ3v) is 4.76. The molecule has 1 saturated heterocycles. The summed E-state index contributed by atoms with van der Waals surface area (Å²) < 4.78 is 0.946. The molecule has 1 aliphatic rings. The maximum absolute atomic E-state index is 11.5. The molecule has 2 atom stereocenters. The van der Waals surface area contributed by atoms with E-state index in [1.54, 1.807) is 11.8 Å². The number of rotatable bonds is 3.